The molecule has 0 unspecified atom stereocenters. The highest BCUT2D eigenvalue weighted by Gasteiger charge is 2.35. The molecule has 3 rings (SSSR count). The zero-order valence-corrected chi connectivity index (χ0v) is 13.1. The number of nitro groups is 1. The molecular weight excluding hydrogens is 330 g/mol. The molecule has 120 valence electrons. The highest BCUT2D eigenvalue weighted by Crippen LogP contribution is 2.33. The van der Waals surface area contributed by atoms with Crippen LogP contribution in [-0.2, 0) is 11.3 Å². The molecular formula is C16H11N3O4S. The van der Waals surface area contributed by atoms with Gasteiger partial charge in [-0.05, 0) is 35.0 Å². The summed E-state index contributed by atoms with van der Waals surface area (Å²) in [6.07, 6.45) is 4.84. The minimum absolute atomic E-state index is 0.0376. The highest BCUT2D eigenvalue weighted by molar-refractivity contribution is 8.18. The van der Waals surface area contributed by atoms with Crippen molar-refractivity contribution >= 4 is 34.7 Å². The molecule has 0 aliphatic carbocycles. The molecule has 1 saturated heterocycles. The lowest BCUT2D eigenvalue weighted by atomic mass is 10.2. The molecule has 2 amide bonds. The molecule has 7 nitrogen and oxygen atoms in total. The third-order valence-electron chi connectivity index (χ3n) is 3.34. The topological polar surface area (TPSA) is 93.4 Å². The molecule has 1 aromatic heterocycles. The molecule has 0 atom stereocenters. The Bertz CT molecular complexity index is 834. The van der Waals surface area contributed by atoms with Crippen molar-refractivity contribution in [2.75, 3.05) is 0 Å². The predicted molar refractivity (Wildman–Crippen MR) is 88.8 cm³/mol. The second-order valence-electron chi connectivity index (χ2n) is 4.98. The third-order valence-corrected chi connectivity index (χ3v) is 4.25. The fourth-order valence-electron chi connectivity index (χ4n) is 2.15. The van der Waals surface area contributed by atoms with Gasteiger partial charge >= 0.3 is 0 Å². The minimum Gasteiger partial charge on any atom is -0.268 e. The van der Waals surface area contributed by atoms with Crippen LogP contribution in [0.5, 0.6) is 0 Å². The number of thioether (sulfide) groups is 1. The zero-order chi connectivity index (χ0) is 17.1. The predicted octanol–water partition coefficient (Wildman–Crippen LogP) is 3.23. The Hall–Kier alpha value is -3.00. The Morgan fingerprint density at radius 3 is 2.58 bits per heavy atom. The van der Waals surface area contributed by atoms with Crippen LogP contribution in [0.1, 0.15) is 11.1 Å². The number of imide groups is 1. The van der Waals surface area contributed by atoms with Gasteiger partial charge in [-0.1, -0.05) is 18.2 Å². The number of carbonyl (C=O) groups excluding carboxylic acids is 2. The average molecular weight is 341 g/mol. The van der Waals surface area contributed by atoms with Gasteiger partial charge in [0.1, 0.15) is 0 Å². The molecule has 8 heteroatoms. The van der Waals surface area contributed by atoms with E-state index < -0.39 is 4.92 Å². The van der Waals surface area contributed by atoms with E-state index in [0.717, 1.165) is 22.2 Å². The van der Waals surface area contributed by atoms with Crippen LogP contribution in [-0.4, -0.2) is 26.0 Å². The van der Waals surface area contributed by atoms with E-state index in [9.17, 15) is 19.7 Å². The molecule has 1 aliphatic rings. The molecule has 1 aromatic carbocycles. The number of pyridine rings is 1. The number of hydrogen-bond acceptors (Lipinski definition) is 6. The van der Waals surface area contributed by atoms with Crippen molar-refractivity contribution in [3.05, 3.63) is 74.9 Å². The summed E-state index contributed by atoms with van der Waals surface area (Å²) in [7, 11) is 0. The SMILES string of the molecule is O=C1S/C(=C\c2cccnc2)C(=O)N1Cc1ccc([N+](=O)[O-])cc1. The van der Waals surface area contributed by atoms with E-state index in [1.54, 1.807) is 30.6 Å². The summed E-state index contributed by atoms with van der Waals surface area (Å²) in [6.45, 7) is 0.0764. The number of carbonyl (C=O) groups is 2. The number of non-ortho nitro benzene ring substituents is 1. The van der Waals surface area contributed by atoms with E-state index in [2.05, 4.69) is 4.98 Å². The van der Waals surface area contributed by atoms with Gasteiger partial charge in [-0.25, -0.2) is 0 Å². The van der Waals surface area contributed by atoms with Crippen LogP contribution in [0.3, 0.4) is 0 Å². The lowest BCUT2D eigenvalue weighted by Crippen LogP contribution is -2.27. The average Bonchev–Trinajstić information content (AvgIpc) is 2.84. The van der Waals surface area contributed by atoms with Gasteiger partial charge in [-0.3, -0.25) is 29.6 Å². The molecule has 0 bridgehead atoms. The Labute approximate surface area is 141 Å². The lowest BCUT2D eigenvalue weighted by Gasteiger charge is -2.12. The van der Waals surface area contributed by atoms with Gasteiger partial charge in [-0.15, -0.1) is 0 Å². The summed E-state index contributed by atoms with van der Waals surface area (Å²) in [5, 5.41) is 10.3. The fraction of sp³-hybridized carbons (Fsp3) is 0.0625. The number of hydrogen-bond donors (Lipinski definition) is 0. The Kier molecular flexibility index (Phi) is 4.39. The van der Waals surface area contributed by atoms with Crippen LogP contribution in [0.15, 0.2) is 53.7 Å². The number of nitrogens with zero attached hydrogens (tertiary/aromatic N) is 3. The molecule has 2 heterocycles. The first-order valence-corrected chi connectivity index (χ1v) is 7.75. The van der Waals surface area contributed by atoms with Gasteiger partial charge in [0, 0.05) is 24.5 Å². The van der Waals surface area contributed by atoms with Crippen molar-refractivity contribution in [1.82, 2.24) is 9.88 Å². The Morgan fingerprint density at radius 2 is 1.96 bits per heavy atom. The standard InChI is InChI=1S/C16H11N3O4S/c20-15-14(8-12-2-1-7-17-9-12)24-16(21)18(15)10-11-3-5-13(6-4-11)19(22)23/h1-9H,10H2/b14-8-. The summed E-state index contributed by atoms with van der Waals surface area (Å²) in [6, 6.07) is 9.29. The number of aromatic nitrogens is 1. The van der Waals surface area contributed by atoms with Crippen LogP contribution in [0, 0.1) is 10.1 Å². The maximum absolute atomic E-state index is 12.4. The summed E-state index contributed by atoms with van der Waals surface area (Å²) in [5.74, 6) is -0.382. The maximum atomic E-state index is 12.4. The number of amides is 2. The number of nitro benzene ring substituents is 1. The summed E-state index contributed by atoms with van der Waals surface area (Å²) < 4.78 is 0. The van der Waals surface area contributed by atoms with Crippen molar-refractivity contribution in [3.8, 4) is 0 Å². The van der Waals surface area contributed by atoms with Crippen molar-refractivity contribution in [3.63, 3.8) is 0 Å². The van der Waals surface area contributed by atoms with Crippen molar-refractivity contribution in [2.24, 2.45) is 0 Å². The number of rotatable bonds is 4. The van der Waals surface area contributed by atoms with Crippen molar-refractivity contribution < 1.29 is 14.5 Å². The summed E-state index contributed by atoms with van der Waals surface area (Å²) in [5.41, 5.74) is 1.34. The molecule has 0 spiro atoms. The fourth-order valence-corrected chi connectivity index (χ4v) is 2.99. The van der Waals surface area contributed by atoms with Crippen LogP contribution < -0.4 is 0 Å². The minimum atomic E-state index is -0.499. The van der Waals surface area contributed by atoms with E-state index in [1.165, 1.54) is 24.3 Å². The molecule has 1 aliphatic heterocycles. The molecule has 0 N–H and O–H groups in total. The number of benzene rings is 1. The van der Waals surface area contributed by atoms with Crippen LogP contribution in [0.4, 0.5) is 10.5 Å². The van der Waals surface area contributed by atoms with E-state index >= 15 is 0 Å². The van der Waals surface area contributed by atoms with Gasteiger partial charge in [0.25, 0.3) is 16.8 Å². The zero-order valence-electron chi connectivity index (χ0n) is 12.3. The molecule has 2 aromatic rings. The van der Waals surface area contributed by atoms with E-state index in [0.29, 0.717) is 10.5 Å². The van der Waals surface area contributed by atoms with Gasteiger partial charge in [-0.2, -0.15) is 0 Å². The Morgan fingerprint density at radius 1 is 1.21 bits per heavy atom. The van der Waals surface area contributed by atoms with E-state index in [4.69, 9.17) is 0 Å². The largest absolute Gasteiger partial charge is 0.293 e. The normalized spacial score (nSPS) is 16.0. The summed E-state index contributed by atoms with van der Waals surface area (Å²) >= 11 is 0.866. The summed E-state index contributed by atoms with van der Waals surface area (Å²) in [4.78, 5) is 40.0. The van der Waals surface area contributed by atoms with Crippen LogP contribution in [0.25, 0.3) is 6.08 Å². The highest BCUT2D eigenvalue weighted by atomic mass is 32.2. The molecule has 1 fully saturated rings. The van der Waals surface area contributed by atoms with E-state index in [1.807, 2.05) is 0 Å². The van der Waals surface area contributed by atoms with Gasteiger partial charge in [0.05, 0.1) is 16.4 Å². The third kappa shape index (κ3) is 3.33. The lowest BCUT2D eigenvalue weighted by molar-refractivity contribution is -0.384. The molecule has 0 saturated carbocycles. The van der Waals surface area contributed by atoms with Crippen LogP contribution >= 0.6 is 11.8 Å². The van der Waals surface area contributed by atoms with Gasteiger partial charge in [0.2, 0.25) is 0 Å². The van der Waals surface area contributed by atoms with E-state index in [-0.39, 0.29) is 23.4 Å². The first kappa shape index (κ1) is 15.9. The van der Waals surface area contributed by atoms with Gasteiger partial charge < -0.3 is 0 Å². The second-order valence-corrected chi connectivity index (χ2v) is 5.97. The second kappa shape index (κ2) is 6.63. The maximum Gasteiger partial charge on any atom is 0.293 e. The molecule has 0 radical (unpaired) electrons. The monoisotopic (exact) mass is 341 g/mol. The molecule has 24 heavy (non-hydrogen) atoms. The first-order chi connectivity index (χ1) is 11.5. The van der Waals surface area contributed by atoms with Gasteiger partial charge in [0.15, 0.2) is 0 Å². The van der Waals surface area contributed by atoms with Crippen molar-refractivity contribution in [1.29, 1.82) is 0 Å². The first-order valence-electron chi connectivity index (χ1n) is 6.93. The smallest absolute Gasteiger partial charge is 0.268 e. The Balaban J connectivity index is 1.77. The van der Waals surface area contributed by atoms with Crippen LogP contribution in [0.2, 0.25) is 0 Å². The quantitative estimate of drug-likeness (QED) is 0.481. The van der Waals surface area contributed by atoms with Crippen molar-refractivity contribution in [2.45, 2.75) is 6.54 Å².